The Morgan fingerprint density at radius 1 is 0.500 bits per heavy atom. The second kappa shape index (κ2) is 202. The fraction of sp³-hybridized carbons (Fsp3) is 0. The monoisotopic (exact) mass is 170 g/mol. The zero-order valence-corrected chi connectivity index (χ0v) is 7.38. The van der Waals surface area contributed by atoms with Crippen molar-refractivity contribution >= 4 is 55.1 Å². The molecule has 48 valence electrons. The number of hydrogen-bond acceptors (Lipinski definition) is 5. The minimum absolute atomic E-state index is 0. The molecule has 0 heterocycles. The van der Waals surface area contributed by atoms with Gasteiger partial charge in [0.1, 0.15) is 0 Å². The molecule has 0 aromatic rings. The van der Waals surface area contributed by atoms with E-state index in [0.717, 1.165) is 0 Å². The van der Waals surface area contributed by atoms with Crippen LogP contribution >= 0.6 is 0 Å². The van der Waals surface area contributed by atoms with E-state index in [1.807, 2.05) is 0 Å². The first-order valence-electron chi connectivity index (χ1n) is 0. The smallest absolute Gasteiger partial charge is 0.870 e. The Balaban J connectivity index is 0. The van der Waals surface area contributed by atoms with Crippen molar-refractivity contribution in [3.05, 3.63) is 0 Å². The van der Waals surface area contributed by atoms with Gasteiger partial charge >= 0.3 is 55.1 Å². The third-order valence-corrected chi connectivity index (χ3v) is 0. The summed E-state index contributed by atoms with van der Waals surface area (Å²) < 4.78 is 0. The van der Waals surface area contributed by atoms with E-state index in [2.05, 4.69) is 0 Å². The molecule has 0 amide bonds. The van der Waals surface area contributed by atoms with Gasteiger partial charge in [-0.25, -0.2) is 0 Å². The molecular formula is H7AlCaO6. The van der Waals surface area contributed by atoms with E-state index in [-0.39, 0.29) is 88.0 Å². The minimum atomic E-state index is 0. The van der Waals surface area contributed by atoms with Crippen molar-refractivity contribution in [1.82, 2.24) is 0 Å². The third kappa shape index (κ3) is 135. The van der Waals surface area contributed by atoms with Crippen molar-refractivity contribution in [3.8, 4) is 0 Å². The van der Waals surface area contributed by atoms with Crippen LogP contribution in [0.25, 0.3) is 0 Å². The molecule has 0 aliphatic heterocycles. The van der Waals surface area contributed by atoms with E-state index in [4.69, 9.17) is 0 Å². The Morgan fingerprint density at radius 2 is 0.500 bits per heavy atom. The van der Waals surface area contributed by atoms with Gasteiger partial charge in [0.25, 0.3) is 0 Å². The van der Waals surface area contributed by atoms with Crippen LogP contribution in [0.4, 0.5) is 0 Å². The van der Waals surface area contributed by atoms with Gasteiger partial charge in [0.15, 0.2) is 0 Å². The fourth-order valence-electron chi connectivity index (χ4n) is 0. The van der Waals surface area contributed by atoms with Crippen LogP contribution in [0.2, 0.25) is 0 Å². The zero-order chi connectivity index (χ0) is 0. The minimum Gasteiger partial charge on any atom is -0.870 e. The molecule has 0 aliphatic carbocycles. The first kappa shape index (κ1) is 290. The van der Waals surface area contributed by atoms with Crippen LogP contribution in [0.5, 0.6) is 0 Å². The molecule has 0 saturated heterocycles. The molecule has 0 unspecified atom stereocenters. The molecule has 7 N–H and O–H groups in total. The third-order valence-electron chi connectivity index (χ3n) is 0. The molecule has 0 atom stereocenters. The summed E-state index contributed by atoms with van der Waals surface area (Å²) in [5, 5.41) is 0. The van der Waals surface area contributed by atoms with Crippen LogP contribution in [0.15, 0.2) is 0 Å². The fourth-order valence-corrected chi connectivity index (χ4v) is 0. The molecule has 0 fully saturated rings. The van der Waals surface area contributed by atoms with Gasteiger partial charge in [0, 0.05) is 0 Å². The number of rotatable bonds is 0. The van der Waals surface area contributed by atoms with Gasteiger partial charge < -0.3 is 32.9 Å². The van der Waals surface area contributed by atoms with Crippen molar-refractivity contribution in [2.45, 2.75) is 0 Å². The quantitative estimate of drug-likeness (QED) is 0.364. The van der Waals surface area contributed by atoms with E-state index < -0.39 is 0 Å². The molecule has 0 rings (SSSR count). The van der Waals surface area contributed by atoms with Crippen LogP contribution < -0.4 is 0 Å². The van der Waals surface area contributed by atoms with Crippen LogP contribution in [0.3, 0.4) is 0 Å². The van der Waals surface area contributed by atoms with E-state index >= 15 is 0 Å². The van der Waals surface area contributed by atoms with Gasteiger partial charge in [0.2, 0.25) is 0 Å². The van der Waals surface area contributed by atoms with Crippen molar-refractivity contribution in [1.29, 1.82) is 0 Å². The standard InChI is InChI=1S/Al.Ca.6H2O/h;;6*1H2/q+3;+2;;;;;;/p-5. The van der Waals surface area contributed by atoms with Crippen molar-refractivity contribution in [3.63, 3.8) is 0 Å². The Labute approximate surface area is 87.2 Å². The Hall–Kier alpha value is 1.55. The summed E-state index contributed by atoms with van der Waals surface area (Å²) >= 11 is 0. The maximum atomic E-state index is 0. The molecule has 0 aromatic carbocycles. The molecule has 8 heavy (non-hydrogen) atoms. The molecule has 0 aliphatic rings. The van der Waals surface area contributed by atoms with Crippen LogP contribution in [-0.4, -0.2) is 88.0 Å². The van der Waals surface area contributed by atoms with Gasteiger partial charge in [-0.1, -0.05) is 0 Å². The first-order valence-corrected chi connectivity index (χ1v) is 0. The first-order chi connectivity index (χ1) is 0. The van der Waals surface area contributed by atoms with E-state index in [9.17, 15) is 0 Å². The molecule has 8 heteroatoms. The summed E-state index contributed by atoms with van der Waals surface area (Å²) in [7, 11) is 0. The van der Waals surface area contributed by atoms with E-state index in [0.29, 0.717) is 0 Å². The van der Waals surface area contributed by atoms with Crippen LogP contribution in [0, 0.1) is 0 Å². The molecule has 0 radical (unpaired) electrons. The molecule has 6 nitrogen and oxygen atoms in total. The summed E-state index contributed by atoms with van der Waals surface area (Å²) in [5.41, 5.74) is 0. The number of hydrogen-bond donors (Lipinski definition) is 0. The Kier molecular flexibility index (Phi) is 7340. The van der Waals surface area contributed by atoms with Crippen LogP contribution in [-0.2, 0) is 0 Å². The molecule has 0 saturated carbocycles. The zero-order valence-electron chi connectivity index (χ0n) is 4.02. The van der Waals surface area contributed by atoms with E-state index in [1.165, 1.54) is 0 Å². The van der Waals surface area contributed by atoms with Gasteiger partial charge in [-0.15, -0.1) is 0 Å². The topological polar surface area (TPSA) is 182 Å². The maximum Gasteiger partial charge on any atom is 3.00 e. The summed E-state index contributed by atoms with van der Waals surface area (Å²) in [6.07, 6.45) is 0. The maximum absolute atomic E-state index is 0. The predicted octanol–water partition coefficient (Wildman–Crippen LogP) is -2.47. The Bertz CT molecular complexity index is 8.49. The second-order valence-electron chi connectivity index (χ2n) is 0. The summed E-state index contributed by atoms with van der Waals surface area (Å²) in [5.74, 6) is 0. The molecule has 0 bridgehead atoms. The summed E-state index contributed by atoms with van der Waals surface area (Å²) in [6, 6.07) is 0. The Morgan fingerprint density at radius 3 is 0.500 bits per heavy atom. The molecular weight excluding hydrogens is 163 g/mol. The SMILES string of the molecule is O.[Al+3].[Ca+2].[OH-].[OH-].[OH-].[OH-].[OH-]. The van der Waals surface area contributed by atoms with Crippen molar-refractivity contribution < 1.29 is 32.9 Å². The van der Waals surface area contributed by atoms with Crippen molar-refractivity contribution in [2.75, 3.05) is 0 Å². The van der Waals surface area contributed by atoms with Crippen LogP contribution in [0.1, 0.15) is 0 Å². The van der Waals surface area contributed by atoms with Gasteiger partial charge in [-0.2, -0.15) is 0 Å². The normalized spacial score (nSPS) is 0. The van der Waals surface area contributed by atoms with Gasteiger partial charge in [-0.05, 0) is 0 Å². The molecule has 0 spiro atoms. The summed E-state index contributed by atoms with van der Waals surface area (Å²) in [4.78, 5) is 0. The van der Waals surface area contributed by atoms with Gasteiger partial charge in [0.05, 0.1) is 0 Å². The summed E-state index contributed by atoms with van der Waals surface area (Å²) in [6.45, 7) is 0. The average Bonchev–Trinajstić information content (AvgIpc) is 0. The predicted molar refractivity (Wildman–Crippen MR) is 24.8 cm³/mol. The second-order valence-corrected chi connectivity index (χ2v) is 0. The average molecular weight is 170 g/mol. The van der Waals surface area contributed by atoms with Crippen molar-refractivity contribution in [2.24, 2.45) is 0 Å². The largest absolute Gasteiger partial charge is 3.00 e. The van der Waals surface area contributed by atoms with Gasteiger partial charge in [-0.3, -0.25) is 0 Å². The molecule has 0 aromatic heterocycles. The van der Waals surface area contributed by atoms with E-state index in [1.54, 1.807) is 0 Å².